The molecule has 156 valence electrons. The SMILES string of the molecule is COC(=O)CCc1ccc2cc(-c3ccc4c(c3)C(C)(C)CCC4(C)C)ccc2c1. The zero-order valence-electron chi connectivity index (χ0n) is 18.8. The molecule has 0 spiro atoms. The third-order valence-corrected chi connectivity index (χ3v) is 6.94. The molecule has 4 rings (SSSR count). The summed E-state index contributed by atoms with van der Waals surface area (Å²) in [5.41, 5.74) is 7.16. The van der Waals surface area contributed by atoms with E-state index in [0.29, 0.717) is 12.8 Å². The normalized spacial score (nSPS) is 16.8. The third-order valence-electron chi connectivity index (χ3n) is 6.94. The summed E-state index contributed by atoms with van der Waals surface area (Å²) in [7, 11) is 1.44. The Labute approximate surface area is 180 Å². The van der Waals surface area contributed by atoms with Gasteiger partial charge in [-0.1, -0.05) is 76.2 Å². The second-order valence-corrected chi connectivity index (χ2v) is 10.0. The van der Waals surface area contributed by atoms with Crippen molar-refractivity contribution >= 4 is 16.7 Å². The van der Waals surface area contributed by atoms with Crippen LogP contribution < -0.4 is 0 Å². The van der Waals surface area contributed by atoms with Crippen LogP contribution in [0, 0.1) is 0 Å². The number of benzene rings is 3. The van der Waals surface area contributed by atoms with Crippen molar-refractivity contribution < 1.29 is 9.53 Å². The predicted octanol–water partition coefficient (Wildman–Crippen LogP) is 6.96. The van der Waals surface area contributed by atoms with Crippen molar-refractivity contribution in [2.24, 2.45) is 0 Å². The summed E-state index contributed by atoms with van der Waals surface area (Å²) >= 11 is 0. The molecule has 1 aliphatic carbocycles. The van der Waals surface area contributed by atoms with Gasteiger partial charge in [0.25, 0.3) is 0 Å². The summed E-state index contributed by atoms with van der Waals surface area (Å²) in [6, 6.07) is 20.2. The minimum Gasteiger partial charge on any atom is -0.469 e. The number of fused-ring (bicyclic) bond motifs is 2. The van der Waals surface area contributed by atoms with Crippen molar-refractivity contribution in [3.8, 4) is 11.1 Å². The Hall–Kier alpha value is -2.61. The predicted molar refractivity (Wildman–Crippen MR) is 125 cm³/mol. The van der Waals surface area contributed by atoms with Gasteiger partial charge >= 0.3 is 5.97 Å². The highest BCUT2D eigenvalue weighted by atomic mass is 16.5. The van der Waals surface area contributed by atoms with E-state index in [1.54, 1.807) is 0 Å². The molecule has 30 heavy (non-hydrogen) atoms. The van der Waals surface area contributed by atoms with Crippen LogP contribution in [0.4, 0.5) is 0 Å². The van der Waals surface area contributed by atoms with Crippen LogP contribution in [0.15, 0.2) is 54.6 Å². The fraction of sp³-hybridized carbons (Fsp3) is 0.393. The highest BCUT2D eigenvalue weighted by Crippen LogP contribution is 2.46. The molecule has 0 amide bonds. The first kappa shape index (κ1) is 20.7. The number of aryl methyl sites for hydroxylation is 1. The van der Waals surface area contributed by atoms with Gasteiger partial charge in [-0.15, -0.1) is 0 Å². The highest BCUT2D eigenvalue weighted by molar-refractivity contribution is 5.88. The van der Waals surface area contributed by atoms with E-state index >= 15 is 0 Å². The molecule has 0 radical (unpaired) electrons. The van der Waals surface area contributed by atoms with Crippen molar-refractivity contribution in [1.29, 1.82) is 0 Å². The van der Waals surface area contributed by atoms with Gasteiger partial charge in [-0.2, -0.15) is 0 Å². The Morgan fingerprint density at radius 2 is 1.40 bits per heavy atom. The molecule has 0 saturated carbocycles. The largest absolute Gasteiger partial charge is 0.469 e. The molecular formula is C28H32O2. The maximum atomic E-state index is 11.4. The molecule has 0 atom stereocenters. The number of carbonyl (C=O) groups excluding carboxylic acids is 1. The summed E-state index contributed by atoms with van der Waals surface area (Å²) in [5.74, 6) is -0.163. The number of hydrogen-bond donors (Lipinski definition) is 0. The monoisotopic (exact) mass is 400 g/mol. The lowest BCUT2D eigenvalue weighted by Crippen LogP contribution is -2.33. The first-order valence-electron chi connectivity index (χ1n) is 10.9. The van der Waals surface area contributed by atoms with Crippen LogP contribution in [0.2, 0.25) is 0 Å². The third kappa shape index (κ3) is 3.88. The van der Waals surface area contributed by atoms with E-state index in [0.717, 1.165) is 0 Å². The Bertz CT molecular complexity index is 1100. The van der Waals surface area contributed by atoms with E-state index in [1.807, 2.05) is 0 Å². The summed E-state index contributed by atoms with van der Waals surface area (Å²) < 4.78 is 4.75. The van der Waals surface area contributed by atoms with Crippen LogP contribution in [0.1, 0.15) is 63.6 Å². The van der Waals surface area contributed by atoms with Crippen molar-refractivity contribution in [3.63, 3.8) is 0 Å². The summed E-state index contributed by atoms with van der Waals surface area (Å²) in [6.45, 7) is 9.49. The lowest BCUT2D eigenvalue weighted by atomic mass is 9.63. The zero-order valence-corrected chi connectivity index (χ0v) is 18.8. The molecule has 2 nitrogen and oxygen atoms in total. The van der Waals surface area contributed by atoms with Gasteiger partial charge in [0, 0.05) is 6.42 Å². The lowest BCUT2D eigenvalue weighted by molar-refractivity contribution is -0.140. The first-order chi connectivity index (χ1) is 14.2. The Balaban J connectivity index is 1.68. The summed E-state index contributed by atoms with van der Waals surface area (Å²) in [6.07, 6.45) is 3.59. The van der Waals surface area contributed by atoms with Crippen LogP contribution in [-0.2, 0) is 26.8 Å². The number of rotatable bonds is 4. The molecule has 2 heteroatoms. The maximum Gasteiger partial charge on any atom is 0.305 e. The number of carbonyl (C=O) groups is 1. The molecule has 0 bridgehead atoms. The number of ether oxygens (including phenoxy) is 1. The van der Waals surface area contributed by atoms with Crippen LogP contribution in [0.3, 0.4) is 0 Å². The van der Waals surface area contributed by atoms with E-state index in [1.165, 1.54) is 58.5 Å². The van der Waals surface area contributed by atoms with Crippen molar-refractivity contribution in [3.05, 3.63) is 71.3 Å². The zero-order chi connectivity index (χ0) is 21.5. The van der Waals surface area contributed by atoms with Crippen molar-refractivity contribution in [2.45, 2.75) is 64.2 Å². The van der Waals surface area contributed by atoms with E-state index < -0.39 is 0 Å². The van der Waals surface area contributed by atoms with Gasteiger partial charge in [0.05, 0.1) is 7.11 Å². The Morgan fingerprint density at radius 3 is 2.13 bits per heavy atom. The molecule has 3 aromatic rings. The van der Waals surface area contributed by atoms with E-state index in [-0.39, 0.29) is 16.8 Å². The van der Waals surface area contributed by atoms with E-state index in [9.17, 15) is 4.79 Å². The fourth-order valence-electron chi connectivity index (χ4n) is 4.75. The molecule has 0 saturated heterocycles. The van der Waals surface area contributed by atoms with Crippen LogP contribution in [0.25, 0.3) is 21.9 Å². The van der Waals surface area contributed by atoms with Crippen LogP contribution in [-0.4, -0.2) is 13.1 Å². The second-order valence-electron chi connectivity index (χ2n) is 10.0. The summed E-state index contributed by atoms with van der Waals surface area (Å²) in [5, 5.41) is 2.44. The average Bonchev–Trinajstić information content (AvgIpc) is 2.74. The van der Waals surface area contributed by atoms with E-state index in [4.69, 9.17) is 4.74 Å². The smallest absolute Gasteiger partial charge is 0.305 e. The molecule has 0 unspecified atom stereocenters. The number of methoxy groups -OCH3 is 1. The Morgan fingerprint density at radius 1 is 0.800 bits per heavy atom. The van der Waals surface area contributed by atoms with Gasteiger partial charge in [0.15, 0.2) is 0 Å². The van der Waals surface area contributed by atoms with E-state index in [2.05, 4.69) is 82.3 Å². The Kier molecular flexibility index (Phi) is 5.22. The number of esters is 1. The standard InChI is InChI=1S/C28H32O2/c1-27(2)14-15-28(3,4)25-18-23(11-12-24(25)27)22-10-9-20-16-19(6-8-21(20)17-22)7-13-26(29)30-5/h6,8-12,16-18H,7,13-15H2,1-5H3. The molecule has 0 N–H and O–H groups in total. The van der Waals surface area contributed by atoms with Gasteiger partial charge in [-0.25, -0.2) is 0 Å². The highest BCUT2D eigenvalue weighted by Gasteiger charge is 2.36. The van der Waals surface area contributed by atoms with Gasteiger partial charge in [0.2, 0.25) is 0 Å². The van der Waals surface area contributed by atoms with Gasteiger partial charge in [-0.05, 0) is 74.7 Å². The molecule has 0 heterocycles. The molecular weight excluding hydrogens is 368 g/mol. The maximum absolute atomic E-state index is 11.4. The van der Waals surface area contributed by atoms with Crippen molar-refractivity contribution in [1.82, 2.24) is 0 Å². The average molecular weight is 401 g/mol. The van der Waals surface area contributed by atoms with Gasteiger partial charge < -0.3 is 4.74 Å². The first-order valence-corrected chi connectivity index (χ1v) is 10.9. The summed E-state index contributed by atoms with van der Waals surface area (Å²) in [4.78, 5) is 11.4. The minimum atomic E-state index is -0.163. The molecule has 1 aliphatic rings. The van der Waals surface area contributed by atoms with Crippen molar-refractivity contribution in [2.75, 3.05) is 7.11 Å². The van der Waals surface area contributed by atoms with Crippen LogP contribution in [0.5, 0.6) is 0 Å². The number of hydrogen-bond acceptors (Lipinski definition) is 2. The second kappa shape index (κ2) is 7.58. The van der Waals surface area contributed by atoms with Gasteiger partial charge in [0.1, 0.15) is 0 Å². The topological polar surface area (TPSA) is 26.3 Å². The lowest BCUT2D eigenvalue weighted by Gasteiger charge is -2.42. The van der Waals surface area contributed by atoms with Crippen LogP contribution >= 0.6 is 0 Å². The fourth-order valence-corrected chi connectivity index (χ4v) is 4.75. The van der Waals surface area contributed by atoms with Gasteiger partial charge in [-0.3, -0.25) is 4.79 Å². The molecule has 0 fully saturated rings. The quantitative estimate of drug-likeness (QED) is 0.442. The molecule has 3 aromatic carbocycles. The molecule has 0 aliphatic heterocycles. The molecule has 0 aromatic heterocycles. The minimum absolute atomic E-state index is 0.163.